The van der Waals surface area contributed by atoms with Crippen LogP contribution in [-0.2, 0) is 28.8 Å². The molecule has 0 nitrogen and oxygen atoms in total. The van der Waals surface area contributed by atoms with Gasteiger partial charge in [-0.1, -0.05) is 125 Å². The quantitative estimate of drug-likeness (QED) is 0.128. The van der Waals surface area contributed by atoms with Gasteiger partial charge >= 0.3 is 30.2 Å². The van der Waals surface area contributed by atoms with Crippen LogP contribution in [0.4, 0.5) is 0 Å². The molecule has 0 spiro atoms. The molecule has 0 aromatic heterocycles. The molecular weight excluding hydrogens is 636 g/mol. The van der Waals surface area contributed by atoms with Crippen molar-refractivity contribution in [2.75, 3.05) is 0 Å². The Kier molecular flexibility index (Phi) is 13.8. The van der Waals surface area contributed by atoms with E-state index in [0.717, 1.165) is 0 Å². The standard InChI is InChI=1S/C21H23.C20H21.2CH3.Si.Zr/c1-14-12-19-15(2)6-11-18(20(19)13-14)16-7-9-17(10-8-16)21(3,4)5;1-13(2)17-11-16-6-5-7-19(20(16)12-17)18-9-14(3)8-15(4)10-18;;;;/h6-13H,1-5H3;5-13H,1-4H3;2*1H3;;/q4*-1;;. The number of benzene rings is 4. The zero-order chi connectivity index (χ0) is 31.5. The fourth-order valence-corrected chi connectivity index (χ4v) is 5.96. The van der Waals surface area contributed by atoms with Crippen LogP contribution in [0.25, 0.3) is 43.8 Å². The van der Waals surface area contributed by atoms with Crippen molar-refractivity contribution in [1.29, 1.82) is 0 Å². The van der Waals surface area contributed by atoms with Gasteiger partial charge in [-0.3, -0.25) is 0 Å². The van der Waals surface area contributed by atoms with Gasteiger partial charge in [0.05, 0.1) is 0 Å². The maximum absolute atomic E-state index is 3.06. The second-order valence-corrected chi connectivity index (χ2v) is 13.2. The molecule has 6 aromatic rings. The first-order valence-electron chi connectivity index (χ1n) is 15.2. The van der Waals surface area contributed by atoms with E-state index in [2.05, 4.69) is 166 Å². The van der Waals surface area contributed by atoms with Gasteiger partial charge in [-0.05, 0) is 41.9 Å². The molecule has 45 heavy (non-hydrogen) atoms. The normalized spacial score (nSPS) is 10.8. The van der Waals surface area contributed by atoms with Gasteiger partial charge in [0.15, 0.2) is 0 Å². The summed E-state index contributed by atoms with van der Waals surface area (Å²) in [6.45, 7) is 23.0. The van der Waals surface area contributed by atoms with Crippen LogP contribution >= 0.6 is 0 Å². The van der Waals surface area contributed by atoms with E-state index in [9.17, 15) is 0 Å². The van der Waals surface area contributed by atoms with E-state index in [0.29, 0.717) is 5.92 Å². The van der Waals surface area contributed by atoms with E-state index in [1.54, 1.807) is 0 Å². The van der Waals surface area contributed by atoms with Crippen molar-refractivity contribution in [3.8, 4) is 22.3 Å². The summed E-state index contributed by atoms with van der Waals surface area (Å²) in [6.07, 6.45) is 0. The molecule has 0 aliphatic rings. The van der Waals surface area contributed by atoms with Crippen molar-refractivity contribution in [2.45, 2.75) is 73.6 Å². The molecule has 0 bridgehead atoms. The van der Waals surface area contributed by atoms with Gasteiger partial charge in [0.2, 0.25) is 0 Å². The van der Waals surface area contributed by atoms with Crippen molar-refractivity contribution in [2.24, 2.45) is 0 Å². The van der Waals surface area contributed by atoms with E-state index in [4.69, 9.17) is 0 Å². The minimum absolute atomic E-state index is 0. The second-order valence-electron chi connectivity index (χ2n) is 13.2. The fraction of sp³-hybridized carbons (Fsp3) is 0.256. The molecule has 0 atom stereocenters. The maximum atomic E-state index is 3.06. The van der Waals surface area contributed by atoms with Gasteiger partial charge < -0.3 is 14.9 Å². The van der Waals surface area contributed by atoms with Gasteiger partial charge in [-0.2, -0.15) is 12.1 Å². The number of hydrogen-bond donors (Lipinski definition) is 0. The van der Waals surface area contributed by atoms with E-state index in [-0.39, 0.29) is 20.3 Å². The molecule has 0 fully saturated rings. The zero-order valence-corrected chi connectivity index (χ0v) is 32.8. The van der Waals surface area contributed by atoms with Gasteiger partial charge in [0.1, 0.15) is 0 Å². The van der Waals surface area contributed by atoms with Crippen LogP contribution in [0.15, 0.2) is 97.1 Å². The van der Waals surface area contributed by atoms with Crippen molar-refractivity contribution in [1.82, 2.24) is 0 Å². The Morgan fingerprint density at radius 1 is 0.644 bits per heavy atom. The molecule has 2 radical (unpaired) electrons. The number of hydrogen-bond acceptors (Lipinski definition) is 0. The summed E-state index contributed by atoms with van der Waals surface area (Å²) >= 11 is 1.36. The van der Waals surface area contributed by atoms with Crippen LogP contribution < -0.4 is 0 Å². The van der Waals surface area contributed by atoms with E-state index < -0.39 is 0 Å². The summed E-state index contributed by atoms with van der Waals surface area (Å²) in [5.41, 5.74) is 13.7. The Hall–Kier alpha value is -2.80. The summed E-state index contributed by atoms with van der Waals surface area (Å²) in [7, 11) is 0. The Morgan fingerprint density at radius 2 is 1.24 bits per heavy atom. The summed E-state index contributed by atoms with van der Waals surface area (Å²) < 4.78 is 0. The molecule has 0 saturated carbocycles. The minimum atomic E-state index is 0. The topological polar surface area (TPSA) is 0 Å². The molecular formula is C43H50SiZr-4. The number of rotatable bonds is 3. The SMILES string of the molecule is Cc1cc(C)cc(-c2cccc3[cH-]c(C(C)C)cc23)c1.Cc1cc2c(-c3ccc(C(C)(C)C)cc3)ccc(C)c2[cH-]1.[CH3-].[CH3-].[Si]=[Zr]. The first-order chi connectivity index (χ1) is 20.4. The first kappa shape index (κ1) is 38.4. The number of aryl methyl sites for hydroxylation is 4. The molecule has 0 aliphatic heterocycles. The third-order valence-electron chi connectivity index (χ3n) is 8.28. The van der Waals surface area contributed by atoms with E-state index >= 15 is 0 Å². The Bertz CT molecular complexity index is 1820. The Balaban J connectivity index is 0.000000285. The summed E-state index contributed by atoms with van der Waals surface area (Å²) in [4.78, 5) is 0. The van der Waals surface area contributed by atoms with Crippen LogP contribution in [0.3, 0.4) is 0 Å². The molecule has 0 amide bonds. The van der Waals surface area contributed by atoms with E-state index in [1.165, 1.54) is 101 Å². The van der Waals surface area contributed by atoms with Gasteiger partial charge in [0.25, 0.3) is 0 Å². The van der Waals surface area contributed by atoms with Crippen molar-refractivity contribution in [3.63, 3.8) is 0 Å². The zero-order valence-electron chi connectivity index (χ0n) is 29.3. The van der Waals surface area contributed by atoms with Crippen LogP contribution in [-0.4, -0.2) is 6.88 Å². The summed E-state index contributed by atoms with van der Waals surface area (Å²) in [6, 6.07) is 36.2. The summed E-state index contributed by atoms with van der Waals surface area (Å²) in [5.74, 6) is 0.578. The Labute approximate surface area is 291 Å². The predicted octanol–water partition coefficient (Wildman–Crippen LogP) is 12.6. The molecule has 6 rings (SSSR count). The predicted molar refractivity (Wildman–Crippen MR) is 200 cm³/mol. The van der Waals surface area contributed by atoms with Crippen LogP contribution in [0, 0.1) is 42.5 Å². The van der Waals surface area contributed by atoms with Gasteiger partial charge in [-0.15, -0.1) is 68.6 Å². The third-order valence-corrected chi connectivity index (χ3v) is 8.28. The molecule has 0 heterocycles. The van der Waals surface area contributed by atoms with Gasteiger partial charge in [-0.25, -0.2) is 0 Å². The average Bonchev–Trinajstić information content (AvgIpc) is 3.58. The van der Waals surface area contributed by atoms with Crippen molar-refractivity contribution >= 4 is 28.4 Å². The third kappa shape index (κ3) is 8.93. The van der Waals surface area contributed by atoms with E-state index in [1.807, 2.05) is 0 Å². The molecule has 6 aromatic carbocycles. The Morgan fingerprint density at radius 3 is 1.82 bits per heavy atom. The van der Waals surface area contributed by atoms with Crippen LogP contribution in [0.2, 0.25) is 0 Å². The molecule has 0 unspecified atom stereocenters. The van der Waals surface area contributed by atoms with Crippen molar-refractivity contribution < 1.29 is 23.3 Å². The average molecular weight is 686 g/mol. The molecule has 234 valence electrons. The monoisotopic (exact) mass is 684 g/mol. The fourth-order valence-electron chi connectivity index (χ4n) is 5.96. The summed E-state index contributed by atoms with van der Waals surface area (Å²) in [5, 5.41) is 5.48. The van der Waals surface area contributed by atoms with Crippen LogP contribution in [0.5, 0.6) is 0 Å². The molecule has 0 saturated heterocycles. The second kappa shape index (κ2) is 16.2. The molecule has 0 aliphatic carbocycles. The first-order valence-corrected chi connectivity index (χ1v) is 19.4. The van der Waals surface area contributed by atoms with Crippen LogP contribution in [0.1, 0.15) is 73.9 Å². The molecule has 2 heteroatoms. The van der Waals surface area contributed by atoms with Gasteiger partial charge in [0, 0.05) is 0 Å². The molecule has 0 N–H and O–H groups in total. The van der Waals surface area contributed by atoms with Crippen molar-refractivity contribution in [3.05, 3.63) is 145 Å². The number of fused-ring (bicyclic) bond motifs is 2.